The number of aromatic nitrogens is 1. The van der Waals surface area contributed by atoms with E-state index in [-0.39, 0.29) is 0 Å². The topological polar surface area (TPSA) is 38.9 Å². The van der Waals surface area contributed by atoms with Crippen molar-refractivity contribution in [3.8, 4) is 11.3 Å². The molecule has 1 aromatic heterocycles. The Hall–Kier alpha value is -0.900. The van der Waals surface area contributed by atoms with E-state index >= 15 is 0 Å². The number of halogens is 1. The third-order valence-corrected chi connectivity index (χ3v) is 3.53. The van der Waals surface area contributed by atoms with Gasteiger partial charge in [-0.25, -0.2) is 4.98 Å². The van der Waals surface area contributed by atoms with Crippen LogP contribution in [0.3, 0.4) is 0 Å². The molecule has 0 unspecified atom stereocenters. The van der Waals surface area contributed by atoms with Gasteiger partial charge in [-0.3, -0.25) is 0 Å². The molecule has 2 nitrogen and oxygen atoms in total. The van der Waals surface area contributed by atoms with Gasteiger partial charge in [-0.1, -0.05) is 29.8 Å². The quantitative estimate of drug-likeness (QED) is 0.906. The first-order chi connectivity index (χ1) is 7.81. The summed E-state index contributed by atoms with van der Waals surface area (Å²) in [4.78, 5) is 4.56. The van der Waals surface area contributed by atoms with Gasteiger partial charge in [0, 0.05) is 22.4 Å². The minimum atomic E-state index is 0.709. The lowest BCUT2D eigenvalue weighted by molar-refractivity contribution is 0.827. The number of nitrogens with zero attached hydrogens (tertiary/aromatic N) is 1. The fourth-order valence-electron chi connectivity index (χ4n) is 1.47. The summed E-state index contributed by atoms with van der Waals surface area (Å²) in [6, 6.07) is 7.77. The molecular weight excluding hydrogens is 240 g/mol. The number of benzene rings is 1. The summed E-state index contributed by atoms with van der Waals surface area (Å²) in [5.41, 5.74) is 7.43. The van der Waals surface area contributed by atoms with Crippen molar-refractivity contribution in [2.45, 2.75) is 12.8 Å². The van der Waals surface area contributed by atoms with Crippen molar-refractivity contribution in [3.63, 3.8) is 0 Å². The Balaban J connectivity index is 2.22. The molecule has 1 aromatic carbocycles. The summed E-state index contributed by atoms with van der Waals surface area (Å²) >= 11 is 7.78. The van der Waals surface area contributed by atoms with E-state index in [0.717, 1.165) is 34.1 Å². The van der Waals surface area contributed by atoms with E-state index in [2.05, 4.69) is 4.98 Å². The van der Waals surface area contributed by atoms with Gasteiger partial charge in [-0.05, 0) is 19.0 Å². The predicted molar refractivity (Wildman–Crippen MR) is 69.9 cm³/mol. The van der Waals surface area contributed by atoms with Crippen molar-refractivity contribution in [1.82, 2.24) is 4.98 Å². The van der Waals surface area contributed by atoms with Crippen LogP contribution in [-0.4, -0.2) is 11.5 Å². The molecule has 2 rings (SSSR count). The molecule has 0 aliphatic carbocycles. The number of hydrogen-bond donors (Lipinski definition) is 1. The molecule has 2 N–H and O–H groups in total. The highest BCUT2D eigenvalue weighted by molar-refractivity contribution is 7.09. The van der Waals surface area contributed by atoms with Gasteiger partial charge in [-0.15, -0.1) is 11.3 Å². The zero-order valence-electron chi connectivity index (χ0n) is 8.82. The third kappa shape index (κ3) is 2.61. The molecule has 0 atom stereocenters. The van der Waals surface area contributed by atoms with Gasteiger partial charge >= 0.3 is 0 Å². The van der Waals surface area contributed by atoms with Gasteiger partial charge in [0.15, 0.2) is 0 Å². The molecule has 0 radical (unpaired) electrons. The monoisotopic (exact) mass is 252 g/mol. The van der Waals surface area contributed by atoms with Crippen molar-refractivity contribution in [1.29, 1.82) is 0 Å². The van der Waals surface area contributed by atoms with Gasteiger partial charge in [0.1, 0.15) is 0 Å². The van der Waals surface area contributed by atoms with Crippen LogP contribution < -0.4 is 5.73 Å². The standard InChI is InChI=1S/C12H13ClN2S/c13-10-5-2-1-4-9(10)11-8-16-12(15-11)6-3-7-14/h1-2,4-5,8H,3,6-7,14H2. The zero-order chi connectivity index (χ0) is 11.4. The SMILES string of the molecule is NCCCc1nc(-c2ccccc2Cl)cs1. The second-order valence-electron chi connectivity index (χ2n) is 3.50. The first kappa shape index (κ1) is 11.6. The van der Waals surface area contributed by atoms with E-state index in [1.807, 2.05) is 29.6 Å². The van der Waals surface area contributed by atoms with E-state index < -0.39 is 0 Å². The number of rotatable bonds is 4. The number of thiazole rings is 1. The maximum atomic E-state index is 6.12. The molecule has 0 bridgehead atoms. The maximum absolute atomic E-state index is 6.12. The fourth-order valence-corrected chi connectivity index (χ4v) is 2.54. The van der Waals surface area contributed by atoms with Gasteiger partial charge in [0.25, 0.3) is 0 Å². The molecule has 0 aliphatic heterocycles. The molecule has 16 heavy (non-hydrogen) atoms. The zero-order valence-corrected chi connectivity index (χ0v) is 10.4. The third-order valence-electron chi connectivity index (χ3n) is 2.30. The molecule has 4 heteroatoms. The highest BCUT2D eigenvalue weighted by Gasteiger charge is 2.07. The van der Waals surface area contributed by atoms with Crippen LogP contribution in [-0.2, 0) is 6.42 Å². The molecule has 1 heterocycles. The lowest BCUT2D eigenvalue weighted by Crippen LogP contribution is -1.99. The minimum Gasteiger partial charge on any atom is -0.330 e. The van der Waals surface area contributed by atoms with Crippen LogP contribution in [0.15, 0.2) is 29.6 Å². The largest absolute Gasteiger partial charge is 0.330 e. The molecule has 0 fully saturated rings. The molecule has 0 aliphatic rings. The van der Waals surface area contributed by atoms with E-state index in [9.17, 15) is 0 Å². The Morgan fingerprint density at radius 1 is 1.31 bits per heavy atom. The smallest absolute Gasteiger partial charge is 0.0933 e. The van der Waals surface area contributed by atoms with Crippen molar-refractivity contribution >= 4 is 22.9 Å². The van der Waals surface area contributed by atoms with Crippen molar-refractivity contribution < 1.29 is 0 Å². The molecule has 0 saturated carbocycles. The molecule has 2 aromatic rings. The summed E-state index contributed by atoms with van der Waals surface area (Å²) in [5.74, 6) is 0. The Bertz CT molecular complexity index is 468. The van der Waals surface area contributed by atoms with Gasteiger partial charge in [0.05, 0.1) is 10.7 Å². The Morgan fingerprint density at radius 3 is 2.88 bits per heavy atom. The summed E-state index contributed by atoms with van der Waals surface area (Å²) < 4.78 is 0. The van der Waals surface area contributed by atoms with E-state index in [1.54, 1.807) is 11.3 Å². The van der Waals surface area contributed by atoms with Crippen LogP contribution in [0.5, 0.6) is 0 Å². The van der Waals surface area contributed by atoms with Crippen molar-refractivity contribution in [2.75, 3.05) is 6.54 Å². The van der Waals surface area contributed by atoms with Crippen molar-refractivity contribution in [3.05, 3.63) is 39.7 Å². The van der Waals surface area contributed by atoms with E-state index in [1.165, 1.54) is 0 Å². The molecule has 84 valence electrons. The molecule has 0 saturated heterocycles. The number of aryl methyl sites for hydroxylation is 1. The summed E-state index contributed by atoms with van der Waals surface area (Å²) in [7, 11) is 0. The lowest BCUT2D eigenvalue weighted by Gasteiger charge is -1.98. The molecular formula is C12H13ClN2S. The number of nitrogens with two attached hydrogens (primary N) is 1. The normalized spacial score (nSPS) is 10.6. The minimum absolute atomic E-state index is 0.709. The molecule has 0 amide bonds. The van der Waals surface area contributed by atoms with Gasteiger partial charge in [-0.2, -0.15) is 0 Å². The second-order valence-corrected chi connectivity index (χ2v) is 4.85. The average molecular weight is 253 g/mol. The van der Waals surface area contributed by atoms with Crippen LogP contribution in [0.4, 0.5) is 0 Å². The average Bonchev–Trinajstić information content (AvgIpc) is 2.75. The van der Waals surface area contributed by atoms with Gasteiger partial charge < -0.3 is 5.73 Å². The first-order valence-corrected chi connectivity index (χ1v) is 6.46. The predicted octanol–water partition coefficient (Wildman–Crippen LogP) is 3.35. The lowest BCUT2D eigenvalue weighted by atomic mass is 10.2. The number of hydrogen-bond acceptors (Lipinski definition) is 3. The Morgan fingerprint density at radius 2 is 2.12 bits per heavy atom. The first-order valence-electron chi connectivity index (χ1n) is 5.20. The Kier molecular flexibility index (Phi) is 3.93. The Labute approximate surface area is 104 Å². The van der Waals surface area contributed by atoms with E-state index in [4.69, 9.17) is 17.3 Å². The van der Waals surface area contributed by atoms with Crippen LogP contribution >= 0.6 is 22.9 Å². The summed E-state index contributed by atoms with van der Waals surface area (Å²) in [5, 5.41) is 3.92. The fraction of sp³-hybridized carbons (Fsp3) is 0.250. The van der Waals surface area contributed by atoms with Crippen LogP contribution in [0.2, 0.25) is 5.02 Å². The molecule has 0 spiro atoms. The van der Waals surface area contributed by atoms with Crippen LogP contribution in [0.1, 0.15) is 11.4 Å². The van der Waals surface area contributed by atoms with Crippen LogP contribution in [0, 0.1) is 0 Å². The summed E-state index contributed by atoms with van der Waals surface area (Å²) in [6.07, 6.45) is 1.93. The highest BCUT2D eigenvalue weighted by Crippen LogP contribution is 2.28. The van der Waals surface area contributed by atoms with E-state index in [0.29, 0.717) is 6.54 Å². The van der Waals surface area contributed by atoms with Gasteiger partial charge in [0.2, 0.25) is 0 Å². The second kappa shape index (κ2) is 5.43. The summed E-state index contributed by atoms with van der Waals surface area (Å²) in [6.45, 7) is 0.709. The maximum Gasteiger partial charge on any atom is 0.0933 e. The van der Waals surface area contributed by atoms with Crippen LogP contribution in [0.25, 0.3) is 11.3 Å². The van der Waals surface area contributed by atoms with Crippen molar-refractivity contribution in [2.24, 2.45) is 5.73 Å². The highest BCUT2D eigenvalue weighted by atomic mass is 35.5.